The van der Waals surface area contributed by atoms with Crippen molar-refractivity contribution in [2.45, 2.75) is 42.8 Å². The molecule has 0 N–H and O–H groups in total. The highest BCUT2D eigenvalue weighted by Gasteiger charge is 2.27. The Morgan fingerprint density at radius 2 is 1.96 bits per heavy atom. The maximum Gasteiger partial charge on any atom is 0.220 e. The summed E-state index contributed by atoms with van der Waals surface area (Å²) in [5.41, 5.74) is 3.35. The van der Waals surface area contributed by atoms with Crippen LogP contribution < -0.4 is 0 Å². The molecule has 3 aromatic rings. The molecule has 2 aromatic heterocycles. The molecule has 0 radical (unpaired) electrons. The highest BCUT2D eigenvalue weighted by Crippen LogP contribution is 2.39. The van der Waals surface area contributed by atoms with E-state index in [1.165, 1.54) is 22.9 Å². The van der Waals surface area contributed by atoms with Crippen LogP contribution in [0.2, 0.25) is 5.15 Å². The van der Waals surface area contributed by atoms with Crippen LogP contribution >= 0.6 is 23.4 Å². The number of nitrogens with zero attached hydrogens (tertiary/aromatic N) is 6. The molecule has 4 rings (SSSR count). The lowest BCUT2D eigenvalue weighted by Gasteiger charge is -2.07. The molecule has 2 heterocycles. The molecule has 1 fully saturated rings. The summed E-state index contributed by atoms with van der Waals surface area (Å²) in [6.07, 6.45) is 2.26. The minimum atomic E-state index is 0.443. The Morgan fingerprint density at radius 3 is 2.71 bits per heavy atom. The van der Waals surface area contributed by atoms with Gasteiger partial charge in [-0.1, -0.05) is 17.7 Å². The smallest absolute Gasteiger partial charge is 0.220 e. The van der Waals surface area contributed by atoms with Gasteiger partial charge in [0.1, 0.15) is 16.0 Å². The largest absolute Gasteiger partial charge is 0.226 e. The van der Waals surface area contributed by atoms with Gasteiger partial charge in [-0.25, -0.2) is 9.97 Å². The van der Waals surface area contributed by atoms with E-state index in [-0.39, 0.29) is 0 Å². The maximum atomic E-state index is 6.13. The summed E-state index contributed by atoms with van der Waals surface area (Å²) in [7, 11) is 0. The summed E-state index contributed by atoms with van der Waals surface area (Å²) < 4.78 is 1.71. The summed E-state index contributed by atoms with van der Waals surface area (Å²) in [6, 6.07) is 7.88. The number of halogens is 1. The first-order chi connectivity index (χ1) is 11.6. The molecule has 6 nitrogen and oxygen atoms in total. The van der Waals surface area contributed by atoms with Crippen molar-refractivity contribution < 1.29 is 0 Å². The molecule has 122 valence electrons. The highest BCUT2D eigenvalue weighted by molar-refractivity contribution is 7.99. The van der Waals surface area contributed by atoms with Gasteiger partial charge < -0.3 is 0 Å². The second-order valence-electron chi connectivity index (χ2n) is 5.91. The third-order valence-electron chi connectivity index (χ3n) is 4.00. The fourth-order valence-electron chi connectivity index (χ4n) is 2.35. The first kappa shape index (κ1) is 15.5. The molecule has 0 aliphatic heterocycles. The first-order valence-corrected chi connectivity index (χ1v) is 8.88. The van der Waals surface area contributed by atoms with Crippen molar-refractivity contribution in [2.75, 3.05) is 0 Å². The predicted octanol–water partition coefficient (Wildman–Crippen LogP) is 3.75. The quantitative estimate of drug-likeness (QED) is 0.661. The van der Waals surface area contributed by atoms with Gasteiger partial charge in [-0.15, -0.1) is 5.10 Å². The molecule has 0 bridgehead atoms. The molecule has 1 aliphatic carbocycles. The standard InChI is InChI=1S/C16H15ClN6S/c1-9-3-6-12(7-10(9)2)23-16(20-21-22-23)24-14-8-13(17)18-15(19-14)11-4-5-11/h3,6-8,11H,4-5H2,1-2H3. The Labute approximate surface area is 148 Å². The van der Waals surface area contributed by atoms with Gasteiger partial charge in [-0.05, 0) is 72.1 Å². The van der Waals surface area contributed by atoms with Gasteiger partial charge in [0.25, 0.3) is 0 Å². The Hall–Kier alpha value is -1.99. The second kappa shape index (κ2) is 6.14. The van der Waals surface area contributed by atoms with Crippen LogP contribution in [-0.2, 0) is 0 Å². The van der Waals surface area contributed by atoms with Crippen LogP contribution in [0.1, 0.15) is 35.7 Å². The number of hydrogen-bond donors (Lipinski definition) is 0. The van der Waals surface area contributed by atoms with Crippen LogP contribution in [0.15, 0.2) is 34.4 Å². The van der Waals surface area contributed by atoms with Crippen molar-refractivity contribution in [2.24, 2.45) is 0 Å². The molecule has 1 aromatic carbocycles. The number of aromatic nitrogens is 6. The zero-order valence-corrected chi connectivity index (χ0v) is 14.8. The van der Waals surface area contributed by atoms with Crippen molar-refractivity contribution in [1.29, 1.82) is 0 Å². The third kappa shape index (κ3) is 3.14. The van der Waals surface area contributed by atoms with Gasteiger partial charge in [0.05, 0.1) is 5.69 Å². The Morgan fingerprint density at radius 1 is 1.12 bits per heavy atom. The minimum Gasteiger partial charge on any atom is -0.226 e. The van der Waals surface area contributed by atoms with Crippen LogP contribution in [0.5, 0.6) is 0 Å². The van der Waals surface area contributed by atoms with Gasteiger partial charge >= 0.3 is 0 Å². The topological polar surface area (TPSA) is 69.4 Å². The number of rotatable bonds is 4. The van der Waals surface area contributed by atoms with E-state index >= 15 is 0 Å². The van der Waals surface area contributed by atoms with E-state index < -0.39 is 0 Å². The molecular formula is C16H15ClN6S. The summed E-state index contributed by atoms with van der Waals surface area (Å²) in [6.45, 7) is 4.15. The van der Waals surface area contributed by atoms with Crippen LogP contribution in [0.4, 0.5) is 0 Å². The zero-order valence-electron chi connectivity index (χ0n) is 13.3. The normalized spacial score (nSPS) is 14.1. The SMILES string of the molecule is Cc1ccc(-n2nnnc2Sc2cc(Cl)nc(C3CC3)n2)cc1C. The van der Waals surface area contributed by atoms with E-state index in [0.717, 1.165) is 29.4 Å². The molecule has 1 saturated carbocycles. The fraction of sp³-hybridized carbons (Fsp3) is 0.312. The zero-order chi connectivity index (χ0) is 16.7. The molecule has 0 saturated heterocycles. The van der Waals surface area contributed by atoms with Gasteiger partial charge in [0.15, 0.2) is 0 Å². The van der Waals surface area contributed by atoms with E-state index in [4.69, 9.17) is 11.6 Å². The summed E-state index contributed by atoms with van der Waals surface area (Å²) >= 11 is 7.52. The van der Waals surface area contributed by atoms with Crippen LogP contribution in [0.3, 0.4) is 0 Å². The van der Waals surface area contributed by atoms with Crippen LogP contribution in [-0.4, -0.2) is 30.2 Å². The molecule has 0 amide bonds. The van der Waals surface area contributed by atoms with Crippen molar-refractivity contribution >= 4 is 23.4 Å². The van der Waals surface area contributed by atoms with Crippen LogP contribution in [0.25, 0.3) is 5.69 Å². The molecule has 0 atom stereocenters. The van der Waals surface area contributed by atoms with Gasteiger partial charge in [-0.2, -0.15) is 4.68 Å². The molecule has 1 aliphatic rings. The molecule has 0 spiro atoms. The average Bonchev–Trinajstić information content (AvgIpc) is 3.30. The lowest BCUT2D eigenvalue weighted by molar-refractivity contribution is 0.754. The fourth-order valence-corrected chi connectivity index (χ4v) is 3.40. The lowest BCUT2D eigenvalue weighted by Crippen LogP contribution is -2.01. The van der Waals surface area contributed by atoms with E-state index in [0.29, 0.717) is 16.2 Å². The number of tetrazole rings is 1. The van der Waals surface area contributed by atoms with Gasteiger partial charge in [0, 0.05) is 12.0 Å². The van der Waals surface area contributed by atoms with Crippen molar-refractivity contribution in [3.63, 3.8) is 0 Å². The van der Waals surface area contributed by atoms with E-state index in [2.05, 4.69) is 51.5 Å². The first-order valence-electron chi connectivity index (χ1n) is 7.68. The Balaban J connectivity index is 1.66. The Kier molecular flexibility index (Phi) is 3.97. The highest BCUT2D eigenvalue weighted by atomic mass is 35.5. The monoisotopic (exact) mass is 358 g/mol. The van der Waals surface area contributed by atoms with Gasteiger partial charge in [0.2, 0.25) is 5.16 Å². The van der Waals surface area contributed by atoms with Gasteiger partial charge in [-0.3, -0.25) is 0 Å². The van der Waals surface area contributed by atoms with E-state index in [1.807, 2.05) is 6.07 Å². The maximum absolute atomic E-state index is 6.13. The summed E-state index contributed by atoms with van der Waals surface area (Å²) in [5.74, 6) is 1.26. The van der Waals surface area contributed by atoms with Crippen molar-refractivity contribution in [3.05, 3.63) is 46.4 Å². The molecule has 8 heteroatoms. The summed E-state index contributed by atoms with van der Waals surface area (Å²) in [4.78, 5) is 8.90. The number of hydrogen-bond acceptors (Lipinski definition) is 6. The molecule has 0 unspecified atom stereocenters. The molecular weight excluding hydrogens is 344 g/mol. The third-order valence-corrected chi connectivity index (χ3v) is 5.05. The Bertz CT molecular complexity index is 905. The second-order valence-corrected chi connectivity index (χ2v) is 7.28. The minimum absolute atomic E-state index is 0.443. The predicted molar refractivity (Wildman–Crippen MR) is 91.8 cm³/mol. The van der Waals surface area contributed by atoms with E-state index in [1.54, 1.807) is 10.7 Å². The summed E-state index contributed by atoms with van der Waals surface area (Å²) in [5, 5.41) is 13.9. The molecule has 24 heavy (non-hydrogen) atoms. The van der Waals surface area contributed by atoms with E-state index in [9.17, 15) is 0 Å². The lowest BCUT2D eigenvalue weighted by atomic mass is 10.1. The van der Waals surface area contributed by atoms with Crippen LogP contribution in [0, 0.1) is 13.8 Å². The average molecular weight is 359 g/mol. The number of benzene rings is 1. The number of aryl methyl sites for hydroxylation is 2. The van der Waals surface area contributed by atoms with Crippen molar-refractivity contribution in [1.82, 2.24) is 30.2 Å². The van der Waals surface area contributed by atoms with Crippen molar-refractivity contribution in [3.8, 4) is 5.69 Å².